The summed E-state index contributed by atoms with van der Waals surface area (Å²) in [6.07, 6.45) is 4.76. The Morgan fingerprint density at radius 1 is 1.56 bits per heavy atom. The Kier molecular flexibility index (Phi) is 4.92. The second kappa shape index (κ2) is 5.77. The van der Waals surface area contributed by atoms with E-state index in [4.69, 9.17) is 0 Å². The van der Waals surface area contributed by atoms with Crippen molar-refractivity contribution in [1.82, 2.24) is 10.6 Å². The van der Waals surface area contributed by atoms with Gasteiger partial charge in [-0.25, -0.2) is 0 Å². The molecule has 0 radical (unpaired) electrons. The average Bonchev–Trinajstić information content (AvgIpc) is 2.17. The molecule has 0 saturated carbocycles. The highest BCUT2D eigenvalue weighted by Crippen LogP contribution is 2.18. The van der Waals surface area contributed by atoms with Gasteiger partial charge in [-0.05, 0) is 39.7 Å². The molecule has 1 saturated heterocycles. The van der Waals surface area contributed by atoms with Crippen LogP contribution >= 0.6 is 0 Å². The molecule has 0 spiro atoms. The smallest absolute Gasteiger partial charge is 0.240 e. The minimum absolute atomic E-state index is 0.0288. The SMILES string of the molecule is CC(CS(C)=O)NC(=O)C1(C)CCCCN1. The van der Waals surface area contributed by atoms with Crippen LogP contribution in [0.3, 0.4) is 0 Å². The molecule has 1 rings (SSSR count). The van der Waals surface area contributed by atoms with Gasteiger partial charge in [-0.1, -0.05) is 0 Å². The van der Waals surface area contributed by atoms with Crippen molar-refractivity contribution in [2.24, 2.45) is 0 Å². The highest BCUT2D eigenvalue weighted by Gasteiger charge is 2.34. The van der Waals surface area contributed by atoms with Crippen molar-refractivity contribution in [2.75, 3.05) is 18.6 Å². The van der Waals surface area contributed by atoms with Gasteiger partial charge in [0, 0.05) is 28.9 Å². The van der Waals surface area contributed by atoms with Gasteiger partial charge >= 0.3 is 0 Å². The first-order valence-corrected chi connectivity index (χ1v) is 7.53. The Morgan fingerprint density at radius 2 is 2.25 bits per heavy atom. The van der Waals surface area contributed by atoms with Gasteiger partial charge in [0.1, 0.15) is 0 Å². The first kappa shape index (κ1) is 13.6. The Hall–Kier alpha value is -0.420. The minimum Gasteiger partial charge on any atom is -0.351 e. The fourth-order valence-corrected chi connectivity index (χ4v) is 2.81. The van der Waals surface area contributed by atoms with Crippen molar-refractivity contribution in [3.63, 3.8) is 0 Å². The molecule has 3 atom stereocenters. The summed E-state index contributed by atoms with van der Waals surface area (Å²) in [5.74, 6) is 0.548. The van der Waals surface area contributed by atoms with E-state index in [2.05, 4.69) is 10.6 Å². The summed E-state index contributed by atoms with van der Waals surface area (Å²) in [7, 11) is -0.866. The number of amides is 1. The van der Waals surface area contributed by atoms with E-state index in [1.807, 2.05) is 13.8 Å². The number of rotatable bonds is 4. The van der Waals surface area contributed by atoms with E-state index in [-0.39, 0.29) is 11.9 Å². The third kappa shape index (κ3) is 3.87. The number of piperidine rings is 1. The van der Waals surface area contributed by atoms with Crippen molar-refractivity contribution in [3.05, 3.63) is 0 Å². The highest BCUT2D eigenvalue weighted by molar-refractivity contribution is 7.84. The number of hydrogen-bond acceptors (Lipinski definition) is 3. The fraction of sp³-hybridized carbons (Fsp3) is 0.909. The first-order valence-electron chi connectivity index (χ1n) is 5.80. The van der Waals surface area contributed by atoms with Gasteiger partial charge in [-0.2, -0.15) is 0 Å². The maximum absolute atomic E-state index is 12.0. The molecule has 1 fully saturated rings. The summed E-state index contributed by atoms with van der Waals surface area (Å²) >= 11 is 0. The van der Waals surface area contributed by atoms with Crippen LogP contribution in [0.15, 0.2) is 0 Å². The molecular formula is C11H22N2O2S. The van der Waals surface area contributed by atoms with Crippen LogP contribution in [0.1, 0.15) is 33.1 Å². The molecule has 3 unspecified atom stereocenters. The van der Waals surface area contributed by atoms with Crippen molar-refractivity contribution in [2.45, 2.75) is 44.7 Å². The summed E-state index contributed by atoms with van der Waals surface area (Å²) in [4.78, 5) is 12.0. The summed E-state index contributed by atoms with van der Waals surface area (Å²) in [5, 5.41) is 6.19. The van der Waals surface area contributed by atoms with Crippen LogP contribution in [-0.2, 0) is 15.6 Å². The molecule has 0 aromatic carbocycles. The molecule has 5 heteroatoms. The van der Waals surface area contributed by atoms with Crippen LogP contribution in [0.2, 0.25) is 0 Å². The number of nitrogens with one attached hydrogen (secondary N) is 2. The largest absolute Gasteiger partial charge is 0.351 e. The molecule has 4 nitrogen and oxygen atoms in total. The zero-order valence-electron chi connectivity index (χ0n) is 10.3. The van der Waals surface area contributed by atoms with E-state index >= 15 is 0 Å². The highest BCUT2D eigenvalue weighted by atomic mass is 32.2. The predicted molar refractivity (Wildman–Crippen MR) is 66.8 cm³/mol. The predicted octanol–water partition coefficient (Wildman–Crippen LogP) is 0.402. The topological polar surface area (TPSA) is 58.2 Å². The van der Waals surface area contributed by atoms with Crippen LogP contribution in [-0.4, -0.2) is 40.3 Å². The zero-order chi connectivity index (χ0) is 12.2. The Bertz CT molecular complexity index is 275. The van der Waals surface area contributed by atoms with Gasteiger partial charge in [-0.3, -0.25) is 9.00 Å². The number of hydrogen-bond donors (Lipinski definition) is 2. The lowest BCUT2D eigenvalue weighted by atomic mass is 9.90. The molecule has 0 aliphatic carbocycles. The van der Waals surface area contributed by atoms with Crippen molar-refractivity contribution in [1.29, 1.82) is 0 Å². The number of carbonyl (C=O) groups excluding carboxylic acids is 1. The second-order valence-electron chi connectivity index (χ2n) is 4.83. The van der Waals surface area contributed by atoms with Crippen LogP contribution < -0.4 is 10.6 Å². The summed E-state index contributed by atoms with van der Waals surface area (Å²) in [6, 6.07) is -0.0288. The molecule has 1 heterocycles. The van der Waals surface area contributed by atoms with Crippen molar-refractivity contribution in [3.8, 4) is 0 Å². The Balaban J connectivity index is 2.47. The maximum atomic E-state index is 12.0. The summed E-state index contributed by atoms with van der Waals surface area (Å²) in [6.45, 7) is 4.74. The minimum atomic E-state index is -0.866. The standard InChI is InChI=1S/C11H22N2O2S/c1-9(8-16(3)15)13-10(14)11(2)6-4-5-7-12-11/h9,12H,4-8H2,1-3H3,(H,13,14). The van der Waals surface area contributed by atoms with Crippen LogP contribution in [0, 0.1) is 0 Å². The lowest BCUT2D eigenvalue weighted by Gasteiger charge is -2.34. The quantitative estimate of drug-likeness (QED) is 0.755. The van der Waals surface area contributed by atoms with Crippen molar-refractivity contribution < 1.29 is 9.00 Å². The van der Waals surface area contributed by atoms with Gasteiger partial charge in [0.05, 0.1) is 5.54 Å². The van der Waals surface area contributed by atoms with E-state index < -0.39 is 16.3 Å². The fourth-order valence-electron chi connectivity index (χ4n) is 2.03. The molecule has 16 heavy (non-hydrogen) atoms. The van der Waals surface area contributed by atoms with Crippen LogP contribution in [0.5, 0.6) is 0 Å². The normalized spacial score (nSPS) is 29.4. The summed E-state index contributed by atoms with van der Waals surface area (Å²) < 4.78 is 11.0. The molecule has 2 N–H and O–H groups in total. The van der Waals surface area contributed by atoms with E-state index in [9.17, 15) is 9.00 Å². The molecule has 1 aliphatic heterocycles. The zero-order valence-corrected chi connectivity index (χ0v) is 11.2. The molecule has 94 valence electrons. The monoisotopic (exact) mass is 246 g/mol. The van der Waals surface area contributed by atoms with Gasteiger partial charge in [0.2, 0.25) is 5.91 Å². The lowest BCUT2D eigenvalue weighted by molar-refractivity contribution is -0.128. The maximum Gasteiger partial charge on any atom is 0.240 e. The summed E-state index contributed by atoms with van der Waals surface area (Å²) in [5.41, 5.74) is -0.443. The van der Waals surface area contributed by atoms with Crippen molar-refractivity contribution >= 4 is 16.7 Å². The Labute approximate surface area is 100 Å². The van der Waals surface area contributed by atoms with Gasteiger partial charge < -0.3 is 10.6 Å². The molecule has 0 aromatic rings. The van der Waals surface area contributed by atoms with E-state index in [1.165, 1.54) is 0 Å². The van der Waals surface area contributed by atoms with Crippen LogP contribution in [0.25, 0.3) is 0 Å². The van der Waals surface area contributed by atoms with Gasteiger partial charge in [0.25, 0.3) is 0 Å². The van der Waals surface area contributed by atoms with Gasteiger partial charge in [0.15, 0.2) is 0 Å². The molecule has 0 bridgehead atoms. The molecule has 0 aromatic heterocycles. The second-order valence-corrected chi connectivity index (χ2v) is 6.31. The molecule has 1 aliphatic rings. The number of carbonyl (C=O) groups is 1. The average molecular weight is 246 g/mol. The Morgan fingerprint density at radius 3 is 2.75 bits per heavy atom. The van der Waals surface area contributed by atoms with E-state index in [0.717, 1.165) is 25.8 Å². The molecule has 1 amide bonds. The van der Waals surface area contributed by atoms with E-state index in [1.54, 1.807) is 6.26 Å². The van der Waals surface area contributed by atoms with E-state index in [0.29, 0.717) is 5.75 Å². The lowest BCUT2D eigenvalue weighted by Crippen LogP contribution is -2.58. The van der Waals surface area contributed by atoms with Gasteiger partial charge in [-0.15, -0.1) is 0 Å². The first-order chi connectivity index (χ1) is 7.44. The third-order valence-electron chi connectivity index (χ3n) is 2.98. The van der Waals surface area contributed by atoms with Crippen LogP contribution in [0.4, 0.5) is 0 Å². The molecular weight excluding hydrogens is 224 g/mol. The third-order valence-corrected chi connectivity index (χ3v) is 3.95.